The first kappa shape index (κ1) is 12.7. The largest absolute Gasteiger partial charge is 0.368 e. The normalized spacial score (nSPS) is 10.6. The molecule has 0 spiro atoms. The third kappa shape index (κ3) is 2.58. The van der Waals surface area contributed by atoms with Gasteiger partial charge < -0.3 is 5.73 Å². The van der Waals surface area contributed by atoms with E-state index < -0.39 is 0 Å². The number of anilines is 1. The summed E-state index contributed by atoms with van der Waals surface area (Å²) in [5, 5.41) is 1.22. The molecule has 17 heavy (non-hydrogen) atoms. The molecule has 2 N–H and O–H groups in total. The molecular weight excluding hydrogens is 304 g/mol. The second-order valence-corrected chi connectivity index (χ2v) is 4.72. The van der Waals surface area contributed by atoms with E-state index in [2.05, 4.69) is 9.97 Å². The van der Waals surface area contributed by atoms with E-state index in [-0.39, 0.29) is 16.3 Å². The lowest BCUT2D eigenvalue weighted by Gasteiger charge is -2.08. The zero-order valence-corrected chi connectivity index (χ0v) is 11.2. The van der Waals surface area contributed by atoms with Gasteiger partial charge in [-0.1, -0.05) is 52.5 Å². The van der Waals surface area contributed by atoms with Crippen molar-refractivity contribution in [2.45, 2.75) is 0 Å². The minimum Gasteiger partial charge on any atom is -0.368 e. The molecule has 3 nitrogen and oxygen atoms in total. The number of aromatic nitrogens is 2. The SMILES string of the molecule is Nc1nc(Cl)c(-c2ccc(Cl)cc2Cl)c(Cl)n1. The average molecular weight is 309 g/mol. The van der Waals surface area contributed by atoms with Crippen LogP contribution in [0.2, 0.25) is 20.4 Å². The van der Waals surface area contributed by atoms with Gasteiger partial charge in [-0.2, -0.15) is 0 Å². The second-order valence-electron chi connectivity index (χ2n) is 3.16. The minimum atomic E-state index is 0.00818. The fourth-order valence-electron chi connectivity index (χ4n) is 1.34. The van der Waals surface area contributed by atoms with E-state index >= 15 is 0 Å². The molecule has 1 aromatic heterocycles. The van der Waals surface area contributed by atoms with Crippen molar-refractivity contribution in [2.24, 2.45) is 0 Å². The first-order valence-electron chi connectivity index (χ1n) is 4.43. The van der Waals surface area contributed by atoms with Crippen LogP contribution >= 0.6 is 46.4 Å². The molecule has 0 fully saturated rings. The predicted molar refractivity (Wildman–Crippen MR) is 71.9 cm³/mol. The Morgan fingerprint density at radius 1 is 0.941 bits per heavy atom. The molecule has 1 aromatic carbocycles. The highest BCUT2D eigenvalue weighted by Crippen LogP contribution is 2.37. The van der Waals surface area contributed by atoms with Gasteiger partial charge >= 0.3 is 0 Å². The monoisotopic (exact) mass is 307 g/mol. The van der Waals surface area contributed by atoms with Gasteiger partial charge in [-0.3, -0.25) is 0 Å². The lowest BCUT2D eigenvalue weighted by Crippen LogP contribution is -1.98. The maximum absolute atomic E-state index is 6.06. The number of halogens is 4. The highest BCUT2D eigenvalue weighted by atomic mass is 35.5. The molecular formula is C10H5Cl4N3. The van der Waals surface area contributed by atoms with E-state index in [0.29, 0.717) is 21.2 Å². The lowest BCUT2D eigenvalue weighted by molar-refractivity contribution is 1.19. The minimum absolute atomic E-state index is 0.00818. The maximum Gasteiger partial charge on any atom is 0.222 e. The van der Waals surface area contributed by atoms with Gasteiger partial charge in [0.05, 0.1) is 10.6 Å². The highest BCUT2D eigenvalue weighted by molar-refractivity contribution is 6.40. The van der Waals surface area contributed by atoms with Crippen LogP contribution in [0.5, 0.6) is 0 Å². The summed E-state index contributed by atoms with van der Waals surface area (Å²) in [6, 6.07) is 4.95. The van der Waals surface area contributed by atoms with Crippen molar-refractivity contribution in [3.8, 4) is 11.1 Å². The Balaban J connectivity index is 2.68. The van der Waals surface area contributed by atoms with Gasteiger partial charge in [0, 0.05) is 10.6 Å². The quantitative estimate of drug-likeness (QED) is 0.797. The van der Waals surface area contributed by atoms with Crippen LogP contribution in [0.25, 0.3) is 11.1 Å². The first-order chi connectivity index (χ1) is 7.99. The number of nitrogens with two attached hydrogens (primary N) is 1. The van der Waals surface area contributed by atoms with E-state index in [1.165, 1.54) is 0 Å². The van der Waals surface area contributed by atoms with Gasteiger partial charge in [-0.15, -0.1) is 0 Å². The van der Waals surface area contributed by atoms with Crippen LogP contribution in [0.4, 0.5) is 5.95 Å². The molecule has 0 radical (unpaired) electrons. The van der Waals surface area contributed by atoms with E-state index in [1.54, 1.807) is 18.2 Å². The number of rotatable bonds is 1. The van der Waals surface area contributed by atoms with Crippen LogP contribution < -0.4 is 5.73 Å². The van der Waals surface area contributed by atoms with Gasteiger partial charge in [-0.25, -0.2) is 9.97 Å². The van der Waals surface area contributed by atoms with Crippen LogP contribution in [0, 0.1) is 0 Å². The molecule has 0 saturated carbocycles. The van der Waals surface area contributed by atoms with Crippen molar-refractivity contribution in [3.05, 3.63) is 38.6 Å². The van der Waals surface area contributed by atoms with Gasteiger partial charge in [-0.05, 0) is 12.1 Å². The van der Waals surface area contributed by atoms with Crippen molar-refractivity contribution < 1.29 is 0 Å². The summed E-state index contributed by atoms with van der Waals surface area (Å²) in [6.07, 6.45) is 0. The van der Waals surface area contributed by atoms with E-state index in [1.807, 2.05) is 0 Å². The van der Waals surface area contributed by atoms with Crippen LogP contribution in [-0.2, 0) is 0 Å². The molecule has 0 saturated heterocycles. The van der Waals surface area contributed by atoms with Crippen molar-refractivity contribution >= 4 is 52.4 Å². The fourth-order valence-corrected chi connectivity index (χ4v) is 2.44. The first-order valence-corrected chi connectivity index (χ1v) is 5.94. The molecule has 0 unspecified atom stereocenters. The third-order valence-corrected chi connectivity index (χ3v) is 3.13. The number of benzene rings is 1. The molecule has 7 heteroatoms. The summed E-state index contributed by atoms with van der Waals surface area (Å²) >= 11 is 23.8. The number of nitrogens with zero attached hydrogens (tertiary/aromatic N) is 2. The van der Waals surface area contributed by atoms with E-state index in [4.69, 9.17) is 52.1 Å². The second kappa shape index (κ2) is 4.86. The van der Waals surface area contributed by atoms with E-state index in [9.17, 15) is 0 Å². The molecule has 0 aliphatic heterocycles. The molecule has 0 bridgehead atoms. The van der Waals surface area contributed by atoms with Crippen molar-refractivity contribution in [1.82, 2.24) is 9.97 Å². The van der Waals surface area contributed by atoms with Crippen molar-refractivity contribution in [1.29, 1.82) is 0 Å². The summed E-state index contributed by atoms with van der Waals surface area (Å²) in [5.41, 5.74) is 6.46. The summed E-state index contributed by atoms with van der Waals surface area (Å²) in [6.45, 7) is 0. The van der Waals surface area contributed by atoms with Gasteiger partial charge in [0.2, 0.25) is 5.95 Å². The van der Waals surface area contributed by atoms with E-state index in [0.717, 1.165) is 0 Å². The molecule has 0 atom stereocenters. The zero-order chi connectivity index (χ0) is 12.6. The topological polar surface area (TPSA) is 51.8 Å². The predicted octanol–water partition coefficient (Wildman–Crippen LogP) is 4.34. The Morgan fingerprint density at radius 3 is 2.06 bits per heavy atom. The average Bonchev–Trinajstić information content (AvgIpc) is 2.19. The molecule has 0 aliphatic rings. The van der Waals surface area contributed by atoms with Crippen LogP contribution in [0.15, 0.2) is 18.2 Å². The Kier molecular flexibility index (Phi) is 3.64. The number of hydrogen-bond acceptors (Lipinski definition) is 3. The van der Waals surface area contributed by atoms with Crippen molar-refractivity contribution in [3.63, 3.8) is 0 Å². The summed E-state index contributed by atoms with van der Waals surface area (Å²) < 4.78 is 0. The third-order valence-electron chi connectivity index (χ3n) is 2.04. The Morgan fingerprint density at radius 2 is 1.53 bits per heavy atom. The Hall–Kier alpha value is -0.740. The van der Waals surface area contributed by atoms with Gasteiger partial charge in [0.1, 0.15) is 10.3 Å². The standard InChI is InChI=1S/C10H5Cl4N3/c11-4-1-2-5(6(12)3-4)7-8(13)16-10(15)17-9(7)14/h1-3H,(H2,15,16,17). The van der Waals surface area contributed by atoms with Gasteiger partial charge in [0.15, 0.2) is 0 Å². The summed E-state index contributed by atoms with van der Waals surface area (Å²) in [7, 11) is 0. The molecule has 0 aliphatic carbocycles. The Bertz CT molecular complexity index is 563. The summed E-state index contributed by atoms with van der Waals surface area (Å²) in [4.78, 5) is 7.66. The van der Waals surface area contributed by atoms with Crippen LogP contribution in [0.1, 0.15) is 0 Å². The van der Waals surface area contributed by atoms with Gasteiger partial charge in [0.25, 0.3) is 0 Å². The smallest absolute Gasteiger partial charge is 0.222 e. The van der Waals surface area contributed by atoms with Crippen LogP contribution in [-0.4, -0.2) is 9.97 Å². The molecule has 0 amide bonds. The Labute approximate surface area is 117 Å². The number of hydrogen-bond donors (Lipinski definition) is 1. The molecule has 2 aromatic rings. The lowest BCUT2D eigenvalue weighted by atomic mass is 10.1. The maximum atomic E-state index is 6.06. The number of nitrogen functional groups attached to an aromatic ring is 1. The molecule has 2 rings (SSSR count). The molecule has 88 valence electrons. The summed E-state index contributed by atoms with van der Waals surface area (Å²) in [5.74, 6) is 0.00818. The molecule has 1 heterocycles. The zero-order valence-electron chi connectivity index (χ0n) is 8.22. The van der Waals surface area contributed by atoms with Crippen LogP contribution in [0.3, 0.4) is 0 Å². The van der Waals surface area contributed by atoms with Crippen molar-refractivity contribution in [2.75, 3.05) is 5.73 Å². The highest BCUT2D eigenvalue weighted by Gasteiger charge is 2.15. The fraction of sp³-hybridized carbons (Fsp3) is 0.